The molecule has 61 heavy (non-hydrogen) atoms. The Bertz CT molecular complexity index is 3430. The molecule has 0 bridgehead atoms. The van der Waals surface area contributed by atoms with Crippen molar-refractivity contribution in [1.82, 2.24) is 9.97 Å². The predicted molar refractivity (Wildman–Crippen MR) is 252 cm³/mol. The number of hydrogen-bond acceptors (Lipinski definition) is 3. The molecule has 6 aromatic carbocycles. The third-order valence-electron chi connectivity index (χ3n) is 11.5. The van der Waals surface area contributed by atoms with Crippen LogP contribution in [0, 0.1) is 39.5 Å². The van der Waals surface area contributed by atoms with Crippen molar-refractivity contribution >= 4 is 32.7 Å². The van der Waals surface area contributed by atoms with Crippen LogP contribution < -0.4 is 0 Å². The van der Waals surface area contributed by atoms with E-state index in [1.165, 1.54) is 36.0 Å². The van der Waals surface area contributed by atoms with Crippen LogP contribution in [0.25, 0.3) is 77.5 Å². The molecule has 0 aliphatic heterocycles. The molecule has 307 valence electrons. The molecule has 3 aromatic heterocycles. The Morgan fingerprint density at radius 3 is 2.11 bits per heavy atom. The minimum atomic E-state index is -2.76. The molecule has 9 aromatic rings. The maximum atomic E-state index is 8.91. The minimum Gasteiger partial charge on any atom is -0.500 e. The summed E-state index contributed by atoms with van der Waals surface area (Å²) < 4.78 is 114. The van der Waals surface area contributed by atoms with Gasteiger partial charge in [0, 0.05) is 61.1 Å². The summed E-state index contributed by atoms with van der Waals surface area (Å²) >= 11 is 0. The standard InChI is InChI=1S/C41H34NO.C16H18N.Ir/c1-25-22-37(26(2)21-36(25)31-17-15-29(16-18-31)28-9-4-5-10-28)38-23-39(42-24-27(38)3)35-14-8-13-33-34-20-19-30-11-6-7-12-32(30)40(34)43-41(33)35;1-12-5-7-13(8-6-12)15-10-9-14(11-17-15)16(2,3)4;/h6-8,11-13,15-24,28H,4-5,9-10H2,1-3H3;5-7,9-11H,1-4H3;/q2*-1;/i1D3,2D3,3D3,28D;1D3;. The smallest absolute Gasteiger partial charge is 0.128 e. The Hall–Kier alpha value is -5.67. The quantitative estimate of drug-likeness (QED) is 0.161. The first-order valence-corrected chi connectivity index (χ1v) is 20.3. The van der Waals surface area contributed by atoms with E-state index in [-0.39, 0.29) is 64.6 Å². The second-order valence-corrected chi connectivity index (χ2v) is 16.5. The molecule has 3 heterocycles. The van der Waals surface area contributed by atoms with Gasteiger partial charge in [0.2, 0.25) is 0 Å². The monoisotopic (exact) mass is 986 g/mol. The van der Waals surface area contributed by atoms with Gasteiger partial charge >= 0.3 is 0 Å². The van der Waals surface area contributed by atoms with Gasteiger partial charge in [-0.15, -0.1) is 53.6 Å². The number of hydrogen-bond donors (Lipinski definition) is 0. The van der Waals surface area contributed by atoms with Gasteiger partial charge in [0.15, 0.2) is 0 Å². The van der Waals surface area contributed by atoms with E-state index in [1.807, 2.05) is 72.9 Å². The Labute approximate surface area is 392 Å². The number of rotatable bonds is 5. The van der Waals surface area contributed by atoms with E-state index < -0.39 is 33.3 Å². The van der Waals surface area contributed by atoms with E-state index in [4.69, 9.17) is 22.2 Å². The number of aryl methyl sites for hydroxylation is 4. The molecule has 1 radical (unpaired) electrons. The molecule has 1 fully saturated rings. The van der Waals surface area contributed by atoms with E-state index in [9.17, 15) is 0 Å². The van der Waals surface area contributed by atoms with E-state index >= 15 is 0 Å². The summed E-state index contributed by atoms with van der Waals surface area (Å²) in [6.07, 6.45) is 6.48. The topological polar surface area (TPSA) is 38.9 Å². The Kier molecular flexibility index (Phi) is 8.19. The van der Waals surface area contributed by atoms with Gasteiger partial charge in [-0.05, 0) is 112 Å². The van der Waals surface area contributed by atoms with Gasteiger partial charge in [-0.25, -0.2) is 0 Å². The minimum absolute atomic E-state index is 0. The molecule has 0 amide bonds. The van der Waals surface area contributed by atoms with Crippen LogP contribution in [0.4, 0.5) is 0 Å². The van der Waals surface area contributed by atoms with Crippen LogP contribution in [0.5, 0.6) is 0 Å². The summed E-state index contributed by atoms with van der Waals surface area (Å²) in [5, 5.41) is 3.61. The zero-order valence-electron chi connectivity index (χ0n) is 47.2. The van der Waals surface area contributed by atoms with Crippen molar-refractivity contribution in [1.29, 1.82) is 0 Å². The maximum Gasteiger partial charge on any atom is 0.128 e. The average molecular weight is 986 g/mol. The van der Waals surface area contributed by atoms with Crippen molar-refractivity contribution in [2.75, 3.05) is 0 Å². The predicted octanol–water partition coefficient (Wildman–Crippen LogP) is 15.7. The Morgan fingerprint density at radius 1 is 0.656 bits per heavy atom. The van der Waals surface area contributed by atoms with Gasteiger partial charge in [-0.1, -0.05) is 142 Å². The average Bonchev–Trinajstić information content (AvgIpc) is 3.97. The molecule has 1 aliphatic rings. The second-order valence-electron chi connectivity index (χ2n) is 16.5. The van der Waals surface area contributed by atoms with Crippen molar-refractivity contribution < 1.29 is 42.3 Å². The van der Waals surface area contributed by atoms with Crippen LogP contribution in [-0.2, 0) is 25.5 Å². The summed E-state index contributed by atoms with van der Waals surface area (Å²) in [6.45, 7) is -3.83. The van der Waals surface area contributed by atoms with Crippen molar-refractivity contribution in [3.63, 3.8) is 0 Å². The molecule has 0 atom stereocenters. The molecule has 1 aliphatic carbocycles. The summed E-state index contributed by atoms with van der Waals surface area (Å²) in [5.41, 5.74) is 5.99. The van der Waals surface area contributed by atoms with Crippen LogP contribution in [-0.4, -0.2) is 9.97 Å². The molecular formula is C57H52IrN2O-2. The van der Waals surface area contributed by atoms with Gasteiger partial charge in [-0.2, -0.15) is 0 Å². The largest absolute Gasteiger partial charge is 0.500 e. The first-order chi connectivity index (χ1) is 34.2. The maximum absolute atomic E-state index is 8.91. The number of furan rings is 1. The molecule has 0 saturated heterocycles. The van der Waals surface area contributed by atoms with E-state index in [0.717, 1.165) is 64.0 Å². The number of benzene rings is 6. The fraction of sp³-hybridized carbons (Fsp3) is 0.228. The summed E-state index contributed by atoms with van der Waals surface area (Å²) in [7, 11) is 0. The molecule has 0 N–H and O–H groups in total. The molecule has 3 nitrogen and oxygen atoms in total. The van der Waals surface area contributed by atoms with Crippen LogP contribution in [0.2, 0.25) is 0 Å². The number of fused-ring (bicyclic) bond motifs is 5. The first-order valence-electron chi connectivity index (χ1n) is 26.8. The number of pyridine rings is 2. The van der Waals surface area contributed by atoms with Gasteiger partial charge in [0.05, 0.1) is 5.58 Å². The fourth-order valence-electron chi connectivity index (χ4n) is 8.09. The molecular weight excluding hydrogens is 921 g/mol. The van der Waals surface area contributed by atoms with Gasteiger partial charge in [-0.3, -0.25) is 0 Å². The summed E-state index contributed by atoms with van der Waals surface area (Å²) in [5.74, 6) is -0.707. The second kappa shape index (κ2) is 17.4. The van der Waals surface area contributed by atoms with E-state index in [2.05, 4.69) is 42.9 Å². The van der Waals surface area contributed by atoms with Crippen LogP contribution in [0.15, 0.2) is 138 Å². The molecule has 1 saturated carbocycles. The van der Waals surface area contributed by atoms with Crippen molar-refractivity contribution in [3.05, 3.63) is 179 Å². The number of nitrogens with zero attached hydrogens (tertiary/aromatic N) is 2. The van der Waals surface area contributed by atoms with Crippen molar-refractivity contribution in [2.45, 2.75) is 85.2 Å². The van der Waals surface area contributed by atoms with Crippen molar-refractivity contribution in [2.24, 2.45) is 0 Å². The number of aromatic nitrogens is 2. The van der Waals surface area contributed by atoms with E-state index in [0.29, 0.717) is 27.9 Å². The zero-order valence-corrected chi connectivity index (χ0v) is 36.6. The van der Waals surface area contributed by atoms with Crippen molar-refractivity contribution in [3.8, 4) is 44.8 Å². The summed E-state index contributed by atoms with van der Waals surface area (Å²) in [4.78, 5) is 8.98. The third kappa shape index (κ3) is 8.50. The molecule has 0 spiro atoms. The van der Waals surface area contributed by atoms with Gasteiger partial charge in [0.1, 0.15) is 5.58 Å². The zero-order chi connectivity index (χ0) is 52.5. The molecule has 0 unspecified atom stereocenters. The Morgan fingerprint density at radius 2 is 1.39 bits per heavy atom. The van der Waals surface area contributed by atoms with Gasteiger partial charge in [0.25, 0.3) is 0 Å². The van der Waals surface area contributed by atoms with Gasteiger partial charge < -0.3 is 14.4 Å². The van der Waals surface area contributed by atoms with E-state index in [1.54, 1.807) is 30.3 Å². The van der Waals surface area contributed by atoms with Crippen LogP contribution >= 0.6 is 0 Å². The summed E-state index contributed by atoms with van der Waals surface area (Å²) in [6, 6.07) is 41.8. The van der Waals surface area contributed by atoms with Crippen LogP contribution in [0.3, 0.4) is 0 Å². The molecule has 10 rings (SSSR count). The third-order valence-corrected chi connectivity index (χ3v) is 11.5. The normalized spacial score (nSPS) is 17.5. The Balaban J connectivity index is 0.000000292. The SMILES string of the molecule is [2H]C([2H])([2H])c1c[c-]c(-c2ccc(C(C)(C)C)cn2)cc1.[2H]C([2H])([2H])c1cc(-c2cc(-c3[c-]ccc4c3oc3c5ccccc5ccc43)ncc2C([2H])([2H])[2H])c(C([2H])([2H])[2H])cc1-c1ccc(C2([2H])CCCC2)cc1.[Ir]. The molecule has 4 heteroatoms. The first kappa shape index (κ1) is 28.8. The fourth-order valence-corrected chi connectivity index (χ4v) is 8.09. The van der Waals surface area contributed by atoms with Crippen LogP contribution in [0.1, 0.15) is 104 Å².